The number of likely N-dealkylation sites (tertiary alicyclic amines) is 1. The van der Waals surface area contributed by atoms with E-state index in [4.69, 9.17) is 0 Å². The minimum absolute atomic E-state index is 0.198. The normalized spacial score (nSPS) is 19.9. The Hall–Kier alpha value is -0.860. The quantitative estimate of drug-likeness (QED) is 0.884. The largest absolute Gasteiger partial charge is 0.396 e. The summed E-state index contributed by atoms with van der Waals surface area (Å²) in [4.78, 5) is 2.51. The van der Waals surface area contributed by atoms with Gasteiger partial charge >= 0.3 is 0 Å². The predicted octanol–water partition coefficient (Wildman–Crippen LogP) is 2.98. The number of aryl methyl sites for hydroxylation is 1. The Morgan fingerprint density at radius 3 is 2.28 bits per heavy atom. The zero-order valence-corrected chi connectivity index (χ0v) is 11.7. The molecule has 0 atom stereocenters. The van der Waals surface area contributed by atoms with E-state index in [1.807, 2.05) is 0 Å². The first-order valence-electron chi connectivity index (χ1n) is 7.06. The highest BCUT2D eigenvalue weighted by atomic mass is 16.3. The summed E-state index contributed by atoms with van der Waals surface area (Å²) < 4.78 is 0. The molecule has 0 radical (unpaired) electrons. The zero-order valence-electron chi connectivity index (χ0n) is 11.7. The van der Waals surface area contributed by atoms with E-state index in [1.54, 1.807) is 0 Å². The van der Waals surface area contributed by atoms with Crippen molar-refractivity contribution >= 4 is 0 Å². The number of hydrogen-bond acceptors (Lipinski definition) is 2. The Kier molecular flexibility index (Phi) is 4.41. The van der Waals surface area contributed by atoms with E-state index in [9.17, 15) is 5.11 Å². The molecule has 0 amide bonds. The fourth-order valence-corrected chi connectivity index (χ4v) is 2.76. The van der Waals surface area contributed by atoms with Crippen molar-refractivity contribution in [2.75, 3.05) is 19.7 Å². The van der Waals surface area contributed by atoms with Crippen molar-refractivity contribution in [2.45, 2.75) is 39.7 Å². The topological polar surface area (TPSA) is 23.5 Å². The van der Waals surface area contributed by atoms with Gasteiger partial charge in [-0.1, -0.05) is 36.8 Å². The summed E-state index contributed by atoms with van der Waals surface area (Å²) in [5, 5.41) is 9.53. The molecule has 0 saturated carbocycles. The first-order valence-corrected chi connectivity index (χ1v) is 7.06. The molecule has 0 unspecified atom stereocenters. The van der Waals surface area contributed by atoms with E-state index in [-0.39, 0.29) is 5.41 Å². The van der Waals surface area contributed by atoms with Gasteiger partial charge in [0.05, 0.1) is 0 Å². The standard InChI is InChI=1S/C16H25NO/c1-3-16(13-18)8-10-17(11-9-16)12-15-6-4-14(2)5-7-15/h4-7,18H,3,8-13H2,1-2H3. The van der Waals surface area contributed by atoms with Crippen molar-refractivity contribution in [1.29, 1.82) is 0 Å². The highest BCUT2D eigenvalue weighted by molar-refractivity contribution is 5.21. The van der Waals surface area contributed by atoms with Crippen LogP contribution in [0.3, 0.4) is 0 Å². The summed E-state index contributed by atoms with van der Waals surface area (Å²) in [7, 11) is 0. The maximum absolute atomic E-state index is 9.53. The molecule has 1 N–H and O–H groups in total. The summed E-state index contributed by atoms with van der Waals surface area (Å²) in [6, 6.07) is 8.82. The van der Waals surface area contributed by atoms with Crippen LogP contribution in [0.2, 0.25) is 0 Å². The number of piperidine rings is 1. The molecular formula is C16H25NO. The first-order chi connectivity index (χ1) is 8.67. The average Bonchev–Trinajstić information content (AvgIpc) is 2.43. The van der Waals surface area contributed by atoms with Crippen LogP contribution < -0.4 is 0 Å². The van der Waals surface area contributed by atoms with Gasteiger partial charge in [0, 0.05) is 13.2 Å². The zero-order chi connectivity index (χ0) is 13.0. The van der Waals surface area contributed by atoms with Gasteiger partial charge in [0.25, 0.3) is 0 Å². The molecule has 2 heteroatoms. The van der Waals surface area contributed by atoms with Crippen LogP contribution in [0.5, 0.6) is 0 Å². The van der Waals surface area contributed by atoms with Crippen molar-refractivity contribution in [3.05, 3.63) is 35.4 Å². The second-order valence-electron chi connectivity index (χ2n) is 5.77. The van der Waals surface area contributed by atoms with Crippen LogP contribution in [0.4, 0.5) is 0 Å². The molecule has 100 valence electrons. The molecule has 0 aliphatic carbocycles. The molecule has 1 aliphatic rings. The minimum Gasteiger partial charge on any atom is -0.396 e. The monoisotopic (exact) mass is 247 g/mol. The van der Waals surface area contributed by atoms with Crippen LogP contribution in [0.15, 0.2) is 24.3 Å². The maximum Gasteiger partial charge on any atom is 0.0488 e. The van der Waals surface area contributed by atoms with E-state index < -0.39 is 0 Å². The van der Waals surface area contributed by atoms with Gasteiger partial charge in [-0.2, -0.15) is 0 Å². The molecule has 1 heterocycles. The lowest BCUT2D eigenvalue weighted by molar-refractivity contribution is 0.0382. The minimum atomic E-state index is 0.198. The molecule has 0 aromatic heterocycles. The van der Waals surface area contributed by atoms with E-state index in [0.29, 0.717) is 6.61 Å². The lowest BCUT2D eigenvalue weighted by atomic mass is 9.77. The molecule has 1 fully saturated rings. The van der Waals surface area contributed by atoms with Gasteiger partial charge < -0.3 is 5.11 Å². The maximum atomic E-state index is 9.53. The fourth-order valence-electron chi connectivity index (χ4n) is 2.76. The molecule has 2 nitrogen and oxygen atoms in total. The summed E-state index contributed by atoms with van der Waals surface area (Å²) in [6.45, 7) is 7.95. The molecule has 1 saturated heterocycles. The van der Waals surface area contributed by atoms with Gasteiger partial charge in [0.15, 0.2) is 0 Å². The summed E-state index contributed by atoms with van der Waals surface area (Å²) in [5.41, 5.74) is 2.92. The van der Waals surface area contributed by atoms with E-state index >= 15 is 0 Å². The first kappa shape index (κ1) is 13.6. The van der Waals surface area contributed by atoms with Crippen molar-refractivity contribution in [1.82, 2.24) is 4.90 Å². The third kappa shape index (κ3) is 3.12. The number of nitrogens with zero attached hydrogens (tertiary/aromatic N) is 1. The summed E-state index contributed by atoms with van der Waals surface area (Å²) in [5.74, 6) is 0. The van der Waals surface area contributed by atoms with E-state index in [1.165, 1.54) is 11.1 Å². The van der Waals surface area contributed by atoms with Gasteiger partial charge in [0.1, 0.15) is 0 Å². The Morgan fingerprint density at radius 2 is 1.78 bits per heavy atom. The second kappa shape index (κ2) is 5.85. The molecule has 1 aromatic carbocycles. The van der Waals surface area contributed by atoms with Crippen LogP contribution in [-0.4, -0.2) is 29.7 Å². The smallest absolute Gasteiger partial charge is 0.0488 e. The highest BCUT2D eigenvalue weighted by Gasteiger charge is 2.32. The third-order valence-corrected chi connectivity index (χ3v) is 4.53. The van der Waals surface area contributed by atoms with Crippen molar-refractivity contribution in [3.63, 3.8) is 0 Å². The van der Waals surface area contributed by atoms with Gasteiger partial charge in [-0.3, -0.25) is 4.90 Å². The number of aliphatic hydroxyl groups is 1. The van der Waals surface area contributed by atoms with Crippen LogP contribution in [0.25, 0.3) is 0 Å². The Bertz CT molecular complexity index is 357. The molecule has 0 spiro atoms. The Morgan fingerprint density at radius 1 is 1.17 bits per heavy atom. The lowest BCUT2D eigenvalue weighted by Gasteiger charge is -2.40. The SMILES string of the molecule is CCC1(CO)CCN(Cc2ccc(C)cc2)CC1. The Labute approximate surface area is 111 Å². The third-order valence-electron chi connectivity index (χ3n) is 4.53. The number of benzene rings is 1. The van der Waals surface area contributed by atoms with Gasteiger partial charge in [0.2, 0.25) is 0 Å². The second-order valence-corrected chi connectivity index (χ2v) is 5.77. The Balaban J connectivity index is 1.88. The fraction of sp³-hybridized carbons (Fsp3) is 0.625. The van der Waals surface area contributed by atoms with Crippen LogP contribution in [-0.2, 0) is 6.54 Å². The molecule has 1 aromatic rings. The highest BCUT2D eigenvalue weighted by Crippen LogP contribution is 2.34. The lowest BCUT2D eigenvalue weighted by Crippen LogP contribution is -2.41. The van der Waals surface area contributed by atoms with Crippen LogP contribution in [0.1, 0.15) is 37.3 Å². The van der Waals surface area contributed by atoms with Crippen molar-refractivity contribution in [2.24, 2.45) is 5.41 Å². The molecule has 1 aliphatic heterocycles. The molecular weight excluding hydrogens is 222 g/mol. The number of aliphatic hydroxyl groups excluding tert-OH is 1. The number of rotatable bonds is 4. The van der Waals surface area contributed by atoms with Crippen molar-refractivity contribution in [3.8, 4) is 0 Å². The molecule has 2 rings (SSSR count). The predicted molar refractivity (Wildman–Crippen MR) is 75.5 cm³/mol. The molecule has 0 bridgehead atoms. The van der Waals surface area contributed by atoms with Gasteiger partial charge in [-0.05, 0) is 50.3 Å². The van der Waals surface area contributed by atoms with E-state index in [2.05, 4.69) is 43.0 Å². The van der Waals surface area contributed by atoms with Crippen LogP contribution >= 0.6 is 0 Å². The number of hydrogen-bond donors (Lipinski definition) is 1. The molecule has 18 heavy (non-hydrogen) atoms. The van der Waals surface area contributed by atoms with Gasteiger partial charge in [-0.25, -0.2) is 0 Å². The van der Waals surface area contributed by atoms with Gasteiger partial charge in [-0.15, -0.1) is 0 Å². The summed E-state index contributed by atoms with van der Waals surface area (Å²) in [6.07, 6.45) is 3.36. The van der Waals surface area contributed by atoms with Crippen LogP contribution in [0, 0.1) is 12.3 Å². The average molecular weight is 247 g/mol. The summed E-state index contributed by atoms with van der Waals surface area (Å²) >= 11 is 0. The van der Waals surface area contributed by atoms with Crippen molar-refractivity contribution < 1.29 is 5.11 Å². The van der Waals surface area contributed by atoms with E-state index in [0.717, 1.165) is 38.9 Å².